The van der Waals surface area contributed by atoms with Gasteiger partial charge >= 0.3 is 0 Å². The number of aromatic nitrogens is 2. The Balaban J connectivity index is 2.26. The molecule has 1 heterocycles. The van der Waals surface area contributed by atoms with Crippen LogP contribution < -0.4 is 4.74 Å². The minimum Gasteiger partial charge on any atom is -0.496 e. The molecule has 16 heavy (non-hydrogen) atoms. The van der Waals surface area contributed by atoms with Gasteiger partial charge in [0.05, 0.1) is 24.0 Å². The first-order chi connectivity index (χ1) is 7.79. The zero-order chi connectivity index (χ0) is 11.4. The SMILES string of the molecule is COc1ccccc1Cc1cc(Cl)cnn1. The highest BCUT2D eigenvalue weighted by molar-refractivity contribution is 6.30. The molecule has 0 aliphatic heterocycles. The number of halogens is 1. The number of rotatable bonds is 3. The van der Waals surface area contributed by atoms with Gasteiger partial charge in [-0.05, 0) is 12.1 Å². The summed E-state index contributed by atoms with van der Waals surface area (Å²) in [5.41, 5.74) is 1.90. The van der Waals surface area contributed by atoms with Gasteiger partial charge in [0.2, 0.25) is 0 Å². The lowest BCUT2D eigenvalue weighted by Gasteiger charge is -2.07. The topological polar surface area (TPSA) is 35.0 Å². The Bertz CT molecular complexity index is 488. The summed E-state index contributed by atoms with van der Waals surface area (Å²) in [6.07, 6.45) is 2.19. The van der Waals surface area contributed by atoms with Crippen molar-refractivity contribution in [1.29, 1.82) is 0 Å². The Morgan fingerprint density at radius 2 is 2.12 bits per heavy atom. The van der Waals surface area contributed by atoms with E-state index in [1.807, 2.05) is 24.3 Å². The Hall–Kier alpha value is -1.61. The smallest absolute Gasteiger partial charge is 0.122 e. The monoisotopic (exact) mass is 234 g/mol. The molecule has 3 nitrogen and oxygen atoms in total. The van der Waals surface area contributed by atoms with Gasteiger partial charge in [-0.15, -0.1) is 0 Å². The summed E-state index contributed by atoms with van der Waals surface area (Å²) < 4.78 is 5.27. The number of hydrogen-bond donors (Lipinski definition) is 0. The molecule has 2 aromatic rings. The minimum atomic E-state index is 0.597. The van der Waals surface area contributed by atoms with E-state index < -0.39 is 0 Å². The summed E-state index contributed by atoms with van der Waals surface area (Å²) in [6, 6.07) is 9.64. The van der Waals surface area contributed by atoms with E-state index in [4.69, 9.17) is 16.3 Å². The van der Waals surface area contributed by atoms with E-state index in [9.17, 15) is 0 Å². The quantitative estimate of drug-likeness (QED) is 0.819. The van der Waals surface area contributed by atoms with E-state index >= 15 is 0 Å². The third-order valence-corrected chi connectivity index (χ3v) is 2.44. The molecule has 0 bridgehead atoms. The van der Waals surface area contributed by atoms with Crippen molar-refractivity contribution in [2.45, 2.75) is 6.42 Å². The van der Waals surface area contributed by atoms with Crippen LogP contribution in [0.25, 0.3) is 0 Å². The minimum absolute atomic E-state index is 0.597. The second-order valence-corrected chi connectivity index (χ2v) is 3.79. The van der Waals surface area contributed by atoms with Gasteiger partial charge in [-0.3, -0.25) is 0 Å². The van der Waals surface area contributed by atoms with Crippen LogP contribution in [0.4, 0.5) is 0 Å². The summed E-state index contributed by atoms with van der Waals surface area (Å²) in [6.45, 7) is 0. The lowest BCUT2D eigenvalue weighted by molar-refractivity contribution is 0.410. The van der Waals surface area contributed by atoms with Gasteiger partial charge in [0.1, 0.15) is 5.75 Å². The Kier molecular flexibility index (Phi) is 3.37. The fraction of sp³-hybridized carbons (Fsp3) is 0.167. The van der Waals surface area contributed by atoms with Gasteiger partial charge in [-0.2, -0.15) is 10.2 Å². The first-order valence-electron chi connectivity index (χ1n) is 4.88. The van der Waals surface area contributed by atoms with E-state index in [0.29, 0.717) is 11.4 Å². The standard InChI is InChI=1S/C12H11ClN2O/c1-16-12-5-3-2-4-9(12)6-11-7-10(13)8-14-15-11/h2-5,7-8H,6H2,1H3. The number of benzene rings is 1. The lowest BCUT2D eigenvalue weighted by atomic mass is 10.1. The molecule has 0 saturated heterocycles. The second-order valence-electron chi connectivity index (χ2n) is 3.35. The highest BCUT2D eigenvalue weighted by atomic mass is 35.5. The van der Waals surface area contributed by atoms with Crippen molar-refractivity contribution in [2.75, 3.05) is 7.11 Å². The number of para-hydroxylation sites is 1. The maximum Gasteiger partial charge on any atom is 0.122 e. The van der Waals surface area contributed by atoms with Gasteiger partial charge < -0.3 is 4.74 Å². The predicted molar refractivity (Wildman–Crippen MR) is 62.8 cm³/mol. The molecule has 0 unspecified atom stereocenters. The molecule has 4 heteroatoms. The van der Waals surface area contributed by atoms with Gasteiger partial charge in [0.15, 0.2) is 0 Å². The third-order valence-electron chi connectivity index (χ3n) is 2.24. The van der Waals surface area contributed by atoms with Crippen LogP contribution in [0.5, 0.6) is 5.75 Å². The average molecular weight is 235 g/mol. The van der Waals surface area contributed by atoms with Crippen LogP contribution in [-0.4, -0.2) is 17.3 Å². The van der Waals surface area contributed by atoms with Crippen LogP contribution in [0.3, 0.4) is 0 Å². The largest absolute Gasteiger partial charge is 0.496 e. The van der Waals surface area contributed by atoms with E-state index in [1.54, 1.807) is 13.2 Å². The summed E-state index contributed by atoms with van der Waals surface area (Å²) >= 11 is 5.85. The van der Waals surface area contributed by atoms with Crippen LogP contribution in [-0.2, 0) is 6.42 Å². The van der Waals surface area contributed by atoms with E-state index in [0.717, 1.165) is 17.0 Å². The highest BCUT2D eigenvalue weighted by Crippen LogP contribution is 2.20. The molecule has 0 saturated carbocycles. The van der Waals surface area contributed by atoms with Crippen molar-refractivity contribution >= 4 is 11.6 Å². The molecule has 0 fully saturated rings. The predicted octanol–water partition coefficient (Wildman–Crippen LogP) is 2.73. The van der Waals surface area contributed by atoms with E-state index in [-0.39, 0.29) is 0 Å². The zero-order valence-corrected chi connectivity index (χ0v) is 9.61. The van der Waals surface area contributed by atoms with Gasteiger partial charge in [0.25, 0.3) is 0 Å². The van der Waals surface area contributed by atoms with Crippen molar-refractivity contribution in [3.63, 3.8) is 0 Å². The van der Waals surface area contributed by atoms with Crippen LogP contribution in [0.2, 0.25) is 5.02 Å². The van der Waals surface area contributed by atoms with Crippen molar-refractivity contribution in [3.8, 4) is 5.75 Å². The third kappa shape index (κ3) is 2.49. The van der Waals surface area contributed by atoms with Crippen LogP contribution in [0, 0.1) is 0 Å². The molecule has 2 rings (SSSR count). The maximum absolute atomic E-state index is 5.85. The van der Waals surface area contributed by atoms with E-state index in [1.165, 1.54) is 6.20 Å². The number of ether oxygens (including phenoxy) is 1. The molecular formula is C12H11ClN2O. The zero-order valence-electron chi connectivity index (χ0n) is 8.85. The molecule has 0 aliphatic carbocycles. The van der Waals surface area contributed by atoms with Gasteiger partial charge in [0, 0.05) is 12.0 Å². The van der Waals surface area contributed by atoms with Crippen LogP contribution in [0.15, 0.2) is 36.5 Å². The highest BCUT2D eigenvalue weighted by Gasteiger charge is 2.04. The van der Waals surface area contributed by atoms with Gasteiger partial charge in [-0.1, -0.05) is 29.8 Å². The first-order valence-corrected chi connectivity index (χ1v) is 5.26. The summed E-state index contributed by atoms with van der Waals surface area (Å²) in [4.78, 5) is 0. The molecule has 0 aliphatic rings. The van der Waals surface area contributed by atoms with Crippen molar-refractivity contribution < 1.29 is 4.74 Å². The summed E-state index contributed by atoms with van der Waals surface area (Å²) in [5.74, 6) is 0.851. The fourth-order valence-corrected chi connectivity index (χ4v) is 1.68. The molecule has 1 aromatic carbocycles. The van der Waals surface area contributed by atoms with Crippen LogP contribution in [0.1, 0.15) is 11.3 Å². The van der Waals surface area contributed by atoms with Crippen molar-refractivity contribution in [1.82, 2.24) is 10.2 Å². The Morgan fingerprint density at radius 1 is 1.31 bits per heavy atom. The molecule has 0 amide bonds. The number of nitrogens with zero attached hydrogens (tertiary/aromatic N) is 2. The van der Waals surface area contributed by atoms with Crippen LogP contribution >= 0.6 is 11.6 Å². The summed E-state index contributed by atoms with van der Waals surface area (Å²) in [7, 11) is 1.66. The molecule has 82 valence electrons. The summed E-state index contributed by atoms with van der Waals surface area (Å²) in [5, 5.41) is 8.43. The second kappa shape index (κ2) is 4.94. The Morgan fingerprint density at radius 3 is 2.88 bits per heavy atom. The fourth-order valence-electron chi connectivity index (χ4n) is 1.51. The first kappa shape index (κ1) is 10.9. The normalized spacial score (nSPS) is 10.1. The van der Waals surface area contributed by atoms with Crippen molar-refractivity contribution in [2.24, 2.45) is 0 Å². The average Bonchev–Trinajstić information content (AvgIpc) is 2.30. The molecular weight excluding hydrogens is 224 g/mol. The molecule has 0 N–H and O–H groups in total. The molecule has 0 radical (unpaired) electrons. The number of methoxy groups -OCH3 is 1. The maximum atomic E-state index is 5.85. The van der Waals surface area contributed by atoms with E-state index in [2.05, 4.69) is 10.2 Å². The number of hydrogen-bond acceptors (Lipinski definition) is 3. The van der Waals surface area contributed by atoms with Gasteiger partial charge in [-0.25, -0.2) is 0 Å². The molecule has 0 spiro atoms. The van der Waals surface area contributed by atoms with Crippen molar-refractivity contribution in [3.05, 3.63) is 52.8 Å². The lowest BCUT2D eigenvalue weighted by Crippen LogP contribution is -1.97. The molecule has 1 aromatic heterocycles. The Labute approximate surface area is 99.0 Å². The molecule has 0 atom stereocenters.